The highest BCUT2D eigenvalue weighted by Crippen LogP contribution is 2.21. The fourth-order valence-electron chi connectivity index (χ4n) is 1.40. The first-order valence-electron chi connectivity index (χ1n) is 4.93. The number of rotatable bonds is 6. The van der Waals surface area contributed by atoms with Crippen molar-refractivity contribution in [2.24, 2.45) is 0 Å². The van der Waals surface area contributed by atoms with Crippen LogP contribution in [0, 0.1) is 0 Å². The lowest BCUT2D eigenvalue weighted by Crippen LogP contribution is -2.07. The first-order valence-corrected chi connectivity index (χ1v) is 4.93. The topological polar surface area (TPSA) is 83.8 Å². The number of aryl methyl sites for hydroxylation is 1. The second-order valence-corrected chi connectivity index (χ2v) is 3.40. The zero-order valence-corrected chi connectivity index (χ0v) is 9.10. The van der Waals surface area contributed by atoms with Gasteiger partial charge in [0.25, 0.3) is 0 Å². The van der Waals surface area contributed by atoms with Gasteiger partial charge in [-0.05, 0) is 30.2 Å². The summed E-state index contributed by atoms with van der Waals surface area (Å²) >= 11 is 0. The van der Waals surface area contributed by atoms with E-state index in [-0.39, 0.29) is 29.7 Å². The molecule has 0 aliphatic heterocycles. The second kappa shape index (κ2) is 5.95. The molecule has 0 amide bonds. The van der Waals surface area contributed by atoms with Gasteiger partial charge in [-0.1, -0.05) is 0 Å². The molecule has 5 nitrogen and oxygen atoms in total. The predicted octanol–water partition coefficient (Wildman–Crippen LogP) is 2.00. The Morgan fingerprint density at radius 1 is 1.28 bits per heavy atom. The van der Waals surface area contributed by atoms with Crippen LogP contribution in [0.25, 0.3) is 0 Å². The van der Waals surface area contributed by atoms with Crippen molar-refractivity contribution < 1.29 is 33.3 Å². The maximum Gasteiger partial charge on any atom is 0.387 e. The number of benzene rings is 1. The van der Waals surface area contributed by atoms with Crippen molar-refractivity contribution in [1.29, 1.82) is 0 Å². The van der Waals surface area contributed by atoms with Gasteiger partial charge in [-0.2, -0.15) is 8.78 Å². The van der Waals surface area contributed by atoms with Crippen molar-refractivity contribution in [2.75, 3.05) is 0 Å². The van der Waals surface area contributed by atoms with Crippen LogP contribution in [0.5, 0.6) is 5.75 Å². The summed E-state index contributed by atoms with van der Waals surface area (Å²) in [5.74, 6) is -2.55. The van der Waals surface area contributed by atoms with Crippen molar-refractivity contribution in [2.45, 2.75) is 19.5 Å². The Bertz CT molecular complexity index is 459. The van der Waals surface area contributed by atoms with Gasteiger partial charge in [0, 0.05) is 6.42 Å². The Balaban J connectivity index is 2.99. The number of halogens is 2. The molecule has 0 saturated carbocycles. The van der Waals surface area contributed by atoms with Crippen molar-refractivity contribution in [3.05, 3.63) is 29.3 Å². The Labute approximate surface area is 101 Å². The molecule has 0 radical (unpaired) electrons. The molecule has 0 atom stereocenters. The summed E-state index contributed by atoms with van der Waals surface area (Å²) in [5.41, 5.74) is 0.0147. The largest absolute Gasteiger partial charge is 0.481 e. The van der Waals surface area contributed by atoms with Crippen LogP contribution in [0.2, 0.25) is 0 Å². The molecule has 0 aliphatic carbocycles. The molecule has 1 aromatic rings. The van der Waals surface area contributed by atoms with Crippen molar-refractivity contribution in [1.82, 2.24) is 0 Å². The summed E-state index contributed by atoms with van der Waals surface area (Å²) in [5, 5.41) is 17.4. The van der Waals surface area contributed by atoms with Gasteiger partial charge >= 0.3 is 18.6 Å². The molecule has 1 aromatic carbocycles. The van der Waals surface area contributed by atoms with Gasteiger partial charge in [-0.25, -0.2) is 4.79 Å². The van der Waals surface area contributed by atoms with Gasteiger partial charge < -0.3 is 14.9 Å². The third-order valence-electron chi connectivity index (χ3n) is 2.14. The third kappa shape index (κ3) is 4.00. The number of carboxylic acid groups (broad SMARTS) is 2. The van der Waals surface area contributed by atoms with E-state index in [1.165, 1.54) is 0 Å². The first-order chi connectivity index (χ1) is 8.40. The highest BCUT2D eigenvalue weighted by molar-refractivity contribution is 5.89. The van der Waals surface area contributed by atoms with E-state index < -0.39 is 18.6 Å². The number of carboxylic acids is 2. The molecule has 0 aromatic heterocycles. The van der Waals surface area contributed by atoms with E-state index in [0.29, 0.717) is 0 Å². The molecule has 0 fully saturated rings. The van der Waals surface area contributed by atoms with Crippen LogP contribution >= 0.6 is 0 Å². The van der Waals surface area contributed by atoms with Crippen LogP contribution in [0.3, 0.4) is 0 Å². The zero-order chi connectivity index (χ0) is 13.7. The summed E-state index contributed by atoms with van der Waals surface area (Å²) in [7, 11) is 0. The normalized spacial score (nSPS) is 10.4. The number of hydrogen-bond donors (Lipinski definition) is 2. The number of hydrogen-bond acceptors (Lipinski definition) is 3. The minimum atomic E-state index is -3.02. The SMILES string of the molecule is O=C(O)CCc1cc(OC(F)F)ccc1C(=O)O. The molecule has 2 N–H and O–H groups in total. The summed E-state index contributed by atoms with van der Waals surface area (Å²) in [6.07, 6.45) is -0.365. The number of carbonyl (C=O) groups is 2. The first kappa shape index (κ1) is 13.9. The minimum absolute atomic E-state index is 0.0720. The maximum atomic E-state index is 12.0. The van der Waals surface area contributed by atoms with Crippen LogP contribution in [0.4, 0.5) is 8.78 Å². The van der Waals surface area contributed by atoms with Gasteiger partial charge in [0.1, 0.15) is 5.75 Å². The number of aliphatic carboxylic acids is 1. The van der Waals surface area contributed by atoms with Gasteiger partial charge in [0.2, 0.25) is 0 Å². The highest BCUT2D eigenvalue weighted by Gasteiger charge is 2.14. The Hall–Kier alpha value is -2.18. The van der Waals surface area contributed by atoms with E-state index in [0.717, 1.165) is 18.2 Å². The van der Waals surface area contributed by atoms with Crippen molar-refractivity contribution in [3.8, 4) is 5.75 Å². The molecule has 0 saturated heterocycles. The van der Waals surface area contributed by atoms with Crippen LogP contribution < -0.4 is 4.74 Å². The van der Waals surface area contributed by atoms with E-state index in [1.807, 2.05) is 0 Å². The highest BCUT2D eigenvalue weighted by atomic mass is 19.3. The summed E-state index contributed by atoms with van der Waals surface area (Å²) < 4.78 is 28.1. The second-order valence-electron chi connectivity index (χ2n) is 3.40. The van der Waals surface area contributed by atoms with Crippen LogP contribution in [-0.4, -0.2) is 28.8 Å². The Kier molecular flexibility index (Phi) is 4.59. The van der Waals surface area contributed by atoms with Gasteiger partial charge in [-0.3, -0.25) is 4.79 Å². The maximum absolute atomic E-state index is 12.0. The molecule has 0 heterocycles. The number of ether oxygens (including phenoxy) is 1. The van der Waals surface area contributed by atoms with Gasteiger partial charge in [0.05, 0.1) is 5.56 Å². The Morgan fingerprint density at radius 3 is 2.44 bits per heavy atom. The summed E-state index contributed by atoms with van der Waals surface area (Å²) in [6, 6.07) is 3.32. The fourth-order valence-corrected chi connectivity index (χ4v) is 1.40. The molecule has 7 heteroatoms. The lowest BCUT2D eigenvalue weighted by atomic mass is 10.0. The van der Waals surface area contributed by atoms with E-state index in [9.17, 15) is 18.4 Å². The molecule has 1 rings (SSSR count). The Morgan fingerprint density at radius 2 is 1.94 bits per heavy atom. The minimum Gasteiger partial charge on any atom is -0.481 e. The van der Waals surface area contributed by atoms with Crippen LogP contribution in [0.15, 0.2) is 18.2 Å². The lowest BCUT2D eigenvalue weighted by Gasteiger charge is -2.09. The molecule has 98 valence electrons. The monoisotopic (exact) mass is 260 g/mol. The van der Waals surface area contributed by atoms with E-state index in [4.69, 9.17) is 10.2 Å². The quantitative estimate of drug-likeness (QED) is 0.817. The van der Waals surface area contributed by atoms with E-state index in [1.54, 1.807) is 0 Å². The molecule has 18 heavy (non-hydrogen) atoms. The summed E-state index contributed by atoms with van der Waals surface area (Å²) in [4.78, 5) is 21.3. The number of aromatic carboxylic acids is 1. The van der Waals surface area contributed by atoms with Crippen LogP contribution in [-0.2, 0) is 11.2 Å². The third-order valence-corrected chi connectivity index (χ3v) is 2.14. The van der Waals surface area contributed by atoms with E-state index in [2.05, 4.69) is 4.74 Å². The summed E-state index contributed by atoms with van der Waals surface area (Å²) in [6.45, 7) is -3.02. The molecular weight excluding hydrogens is 250 g/mol. The zero-order valence-electron chi connectivity index (χ0n) is 9.10. The standard InChI is InChI=1S/C11H10F2O5/c12-11(13)18-7-2-3-8(10(16)17)6(5-7)1-4-9(14)15/h2-3,5,11H,1,4H2,(H,14,15)(H,16,17). The fraction of sp³-hybridized carbons (Fsp3) is 0.273. The number of alkyl halides is 2. The molecule has 0 aliphatic rings. The molecular formula is C11H10F2O5. The molecule has 0 bridgehead atoms. The molecule has 0 spiro atoms. The smallest absolute Gasteiger partial charge is 0.387 e. The lowest BCUT2D eigenvalue weighted by molar-refractivity contribution is -0.136. The van der Waals surface area contributed by atoms with Gasteiger partial charge in [-0.15, -0.1) is 0 Å². The molecule has 0 unspecified atom stereocenters. The van der Waals surface area contributed by atoms with Crippen LogP contribution in [0.1, 0.15) is 22.3 Å². The average molecular weight is 260 g/mol. The van der Waals surface area contributed by atoms with Crippen molar-refractivity contribution >= 4 is 11.9 Å². The van der Waals surface area contributed by atoms with Gasteiger partial charge in [0.15, 0.2) is 0 Å². The average Bonchev–Trinajstić information content (AvgIpc) is 2.25. The van der Waals surface area contributed by atoms with E-state index >= 15 is 0 Å². The van der Waals surface area contributed by atoms with Crippen molar-refractivity contribution in [3.63, 3.8) is 0 Å². The predicted molar refractivity (Wildman–Crippen MR) is 56.0 cm³/mol.